The van der Waals surface area contributed by atoms with Gasteiger partial charge in [0.2, 0.25) is 5.91 Å². The van der Waals surface area contributed by atoms with Gasteiger partial charge in [0.05, 0.1) is 6.42 Å². The third kappa shape index (κ3) is 10.00. The lowest BCUT2D eigenvalue weighted by molar-refractivity contribution is -0.140. The van der Waals surface area contributed by atoms with Gasteiger partial charge in [-0.2, -0.15) is 13.2 Å². The van der Waals surface area contributed by atoms with Gasteiger partial charge in [0.25, 0.3) is 0 Å². The van der Waals surface area contributed by atoms with Gasteiger partial charge in [0.15, 0.2) is 0 Å². The summed E-state index contributed by atoms with van der Waals surface area (Å²) in [5.74, 6) is -2.82. The Labute approximate surface area is 110 Å². The van der Waals surface area contributed by atoms with Crippen LogP contribution in [0.4, 0.5) is 18.0 Å². The van der Waals surface area contributed by atoms with Crippen LogP contribution in [0.1, 0.15) is 6.42 Å². The Bertz CT molecular complexity index is 351. The molecule has 0 radical (unpaired) electrons. The van der Waals surface area contributed by atoms with Crippen LogP contribution in [0.5, 0.6) is 0 Å². The van der Waals surface area contributed by atoms with E-state index in [-0.39, 0.29) is 18.3 Å². The summed E-state index contributed by atoms with van der Waals surface area (Å²) in [5, 5.41) is 12.6. The molecule has 0 aliphatic rings. The summed E-state index contributed by atoms with van der Waals surface area (Å²) in [7, 11) is 0. The van der Waals surface area contributed by atoms with Crippen LogP contribution in [-0.4, -0.2) is 46.9 Å². The molecule has 0 aromatic rings. The van der Waals surface area contributed by atoms with Gasteiger partial charge in [0, 0.05) is 12.3 Å². The van der Waals surface area contributed by atoms with E-state index in [2.05, 4.69) is 0 Å². The fourth-order valence-corrected chi connectivity index (χ4v) is 1.38. The molecule has 110 valence electrons. The van der Waals surface area contributed by atoms with Crippen molar-refractivity contribution in [2.45, 2.75) is 18.0 Å². The average Bonchev–Trinajstić information content (AvgIpc) is 2.21. The van der Waals surface area contributed by atoms with Gasteiger partial charge in [0.1, 0.15) is 6.04 Å². The summed E-state index contributed by atoms with van der Waals surface area (Å²) < 4.78 is 35.2. The Morgan fingerprint density at radius 1 is 1.32 bits per heavy atom. The van der Waals surface area contributed by atoms with Crippen molar-refractivity contribution in [2.24, 2.45) is 5.73 Å². The largest absolute Gasteiger partial charge is 0.480 e. The number of carboxylic acids is 1. The Balaban J connectivity index is 4.00. The van der Waals surface area contributed by atoms with Crippen LogP contribution in [0, 0.1) is 0 Å². The number of nitrogens with one attached hydrogen (secondary N) is 2. The SMILES string of the molecule is NC(=O)C[C@H](NC(=O)NCCSC(F)(F)F)C(=O)O. The molecule has 3 amide bonds. The van der Waals surface area contributed by atoms with Gasteiger partial charge in [-0.1, -0.05) is 0 Å². The zero-order valence-corrected chi connectivity index (χ0v) is 10.3. The molecule has 0 heterocycles. The van der Waals surface area contributed by atoms with Crippen LogP contribution in [0.3, 0.4) is 0 Å². The zero-order valence-electron chi connectivity index (χ0n) is 9.49. The molecule has 0 aliphatic carbocycles. The number of amides is 3. The highest BCUT2D eigenvalue weighted by Crippen LogP contribution is 2.29. The summed E-state index contributed by atoms with van der Waals surface area (Å²) >= 11 is -0.322. The van der Waals surface area contributed by atoms with Crippen molar-refractivity contribution in [2.75, 3.05) is 12.3 Å². The second-order valence-corrected chi connectivity index (χ2v) is 4.42. The first-order valence-electron chi connectivity index (χ1n) is 4.88. The third-order valence-corrected chi connectivity index (χ3v) is 2.40. The summed E-state index contributed by atoms with van der Waals surface area (Å²) in [5.41, 5.74) is 0.379. The molecule has 11 heteroatoms. The highest BCUT2D eigenvalue weighted by Gasteiger charge is 2.27. The Kier molecular flexibility index (Phi) is 7.04. The molecule has 0 aromatic carbocycles. The van der Waals surface area contributed by atoms with Gasteiger partial charge >= 0.3 is 17.5 Å². The van der Waals surface area contributed by atoms with Crippen molar-refractivity contribution >= 4 is 29.7 Å². The Morgan fingerprint density at radius 2 is 1.89 bits per heavy atom. The molecule has 0 fully saturated rings. The number of thioether (sulfide) groups is 1. The maximum Gasteiger partial charge on any atom is 0.441 e. The minimum Gasteiger partial charge on any atom is -0.480 e. The van der Waals surface area contributed by atoms with Gasteiger partial charge in [-0.3, -0.25) is 4.79 Å². The summed E-state index contributed by atoms with van der Waals surface area (Å²) in [6.45, 7) is -0.307. The van der Waals surface area contributed by atoms with Crippen molar-refractivity contribution in [3.63, 3.8) is 0 Å². The van der Waals surface area contributed by atoms with Crippen LogP contribution in [0.15, 0.2) is 0 Å². The maximum atomic E-state index is 11.7. The Morgan fingerprint density at radius 3 is 2.32 bits per heavy atom. The highest BCUT2D eigenvalue weighted by atomic mass is 32.2. The number of carboxylic acid groups (broad SMARTS) is 1. The molecular weight excluding hydrogens is 291 g/mol. The number of nitrogens with two attached hydrogens (primary N) is 1. The summed E-state index contributed by atoms with van der Waals surface area (Å²) in [4.78, 5) is 32.3. The lowest BCUT2D eigenvalue weighted by Crippen LogP contribution is -2.48. The topological polar surface area (TPSA) is 122 Å². The van der Waals surface area contributed by atoms with E-state index in [0.717, 1.165) is 0 Å². The number of rotatable bonds is 7. The number of hydrogen-bond donors (Lipinski definition) is 4. The molecule has 0 aromatic heterocycles. The van der Waals surface area contributed by atoms with E-state index < -0.39 is 41.6 Å². The molecule has 7 nitrogen and oxygen atoms in total. The van der Waals surface area contributed by atoms with Crippen LogP contribution < -0.4 is 16.4 Å². The van der Waals surface area contributed by atoms with Crippen LogP contribution >= 0.6 is 11.8 Å². The lowest BCUT2D eigenvalue weighted by atomic mass is 10.2. The first kappa shape index (κ1) is 17.4. The van der Waals surface area contributed by atoms with Gasteiger partial charge in [-0.05, 0) is 11.8 Å². The van der Waals surface area contributed by atoms with Crippen LogP contribution in [0.2, 0.25) is 0 Å². The van der Waals surface area contributed by atoms with Crippen molar-refractivity contribution in [1.29, 1.82) is 0 Å². The van der Waals surface area contributed by atoms with Crippen molar-refractivity contribution in [3.8, 4) is 0 Å². The number of carbonyl (C=O) groups is 3. The van der Waals surface area contributed by atoms with E-state index in [1.165, 1.54) is 0 Å². The van der Waals surface area contributed by atoms with E-state index in [0.29, 0.717) is 0 Å². The van der Waals surface area contributed by atoms with Crippen LogP contribution in [0.25, 0.3) is 0 Å². The normalized spacial score (nSPS) is 12.6. The fourth-order valence-electron chi connectivity index (χ4n) is 0.942. The van der Waals surface area contributed by atoms with E-state index in [4.69, 9.17) is 10.8 Å². The van der Waals surface area contributed by atoms with Crippen molar-refractivity contribution in [3.05, 3.63) is 0 Å². The van der Waals surface area contributed by atoms with E-state index >= 15 is 0 Å². The number of halogens is 3. The fraction of sp³-hybridized carbons (Fsp3) is 0.625. The molecule has 0 rings (SSSR count). The van der Waals surface area contributed by atoms with Crippen LogP contribution in [-0.2, 0) is 9.59 Å². The molecule has 1 atom stereocenters. The minimum atomic E-state index is -4.40. The molecule has 5 N–H and O–H groups in total. The van der Waals surface area contributed by atoms with E-state index in [9.17, 15) is 27.6 Å². The standard InChI is InChI=1S/C8H12F3N3O4S/c9-8(10,11)19-2-1-13-7(18)14-4(6(16)17)3-5(12)15/h4H,1-3H2,(H2,12,15)(H,16,17)(H2,13,14,18)/t4-/m0/s1. The first-order chi connectivity index (χ1) is 8.61. The number of primary amides is 1. The van der Waals surface area contributed by atoms with Gasteiger partial charge < -0.3 is 21.5 Å². The second-order valence-electron chi connectivity index (χ2n) is 3.26. The van der Waals surface area contributed by atoms with Crippen molar-refractivity contribution < 1.29 is 32.7 Å². The molecule has 0 bridgehead atoms. The predicted molar refractivity (Wildman–Crippen MR) is 60.3 cm³/mol. The molecule has 0 saturated heterocycles. The molecule has 0 spiro atoms. The average molecular weight is 303 g/mol. The van der Waals surface area contributed by atoms with E-state index in [1.807, 2.05) is 10.6 Å². The number of aliphatic carboxylic acids is 1. The summed E-state index contributed by atoms with van der Waals surface area (Å²) in [6, 6.07) is -2.51. The number of alkyl halides is 3. The zero-order chi connectivity index (χ0) is 15.1. The van der Waals surface area contributed by atoms with E-state index in [1.54, 1.807) is 0 Å². The second kappa shape index (κ2) is 7.71. The Hall–Kier alpha value is -1.65. The monoisotopic (exact) mass is 303 g/mol. The molecule has 0 saturated carbocycles. The number of hydrogen-bond acceptors (Lipinski definition) is 4. The quantitative estimate of drug-likeness (QED) is 0.488. The van der Waals surface area contributed by atoms with Gasteiger partial charge in [-0.15, -0.1) is 0 Å². The number of urea groups is 1. The molecule has 0 unspecified atom stereocenters. The molecule has 0 aliphatic heterocycles. The summed E-state index contributed by atoms with van der Waals surface area (Å²) in [6.07, 6.45) is -0.611. The van der Waals surface area contributed by atoms with Crippen molar-refractivity contribution in [1.82, 2.24) is 10.6 Å². The smallest absolute Gasteiger partial charge is 0.441 e. The molecule has 19 heavy (non-hydrogen) atoms. The minimum absolute atomic E-state index is 0.307. The predicted octanol–water partition coefficient (Wildman–Crippen LogP) is -0.133. The first-order valence-corrected chi connectivity index (χ1v) is 5.86. The molecular formula is C8H12F3N3O4S. The lowest BCUT2D eigenvalue weighted by Gasteiger charge is -2.13. The number of carbonyl (C=O) groups excluding carboxylic acids is 2. The third-order valence-electron chi connectivity index (χ3n) is 1.66. The highest BCUT2D eigenvalue weighted by molar-refractivity contribution is 8.00. The van der Waals surface area contributed by atoms with Gasteiger partial charge in [-0.25, -0.2) is 9.59 Å². The maximum absolute atomic E-state index is 11.7.